The minimum atomic E-state index is 0.918. The first-order valence-electron chi connectivity index (χ1n) is 8.66. The summed E-state index contributed by atoms with van der Waals surface area (Å²) >= 11 is 0. The van der Waals surface area contributed by atoms with Crippen molar-refractivity contribution in [1.29, 1.82) is 0 Å². The van der Waals surface area contributed by atoms with E-state index < -0.39 is 0 Å². The minimum Gasteiger partial charge on any atom is -0.456 e. The van der Waals surface area contributed by atoms with E-state index in [9.17, 15) is 0 Å². The lowest BCUT2D eigenvalue weighted by Crippen LogP contribution is -2.33. The number of hydrogen-bond acceptors (Lipinski definition) is 1. The Bertz CT molecular complexity index is 1330. The number of pyridine rings is 1. The molecule has 0 saturated carbocycles. The Morgan fingerprint density at radius 3 is 2.52 bits per heavy atom. The van der Waals surface area contributed by atoms with Crippen LogP contribution in [0.15, 0.2) is 71.1 Å². The number of fused-ring (bicyclic) bond motifs is 8. The van der Waals surface area contributed by atoms with Crippen molar-refractivity contribution in [2.45, 2.75) is 13.5 Å². The predicted molar refractivity (Wildman–Crippen MR) is 101 cm³/mol. The molecule has 118 valence electrons. The van der Waals surface area contributed by atoms with Crippen molar-refractivity contribution in [3.8, 4) is 11.3 Å². The molecular formula is C23H16NO+. The Labute approximate surface area is 144 Å². The van der Waals surface area contributed by atoms with Crippen LogP contribution in [0.2, 0.25) is 0 Å². The SMILES string of the molecule is Cc1cc2[n+](c3ccccc13)Cc1cc3c(cc1-2)oc1ccccc13. The molecule has 2 heteroatoms. The van der Waals surface area contributed by atoms with Crippen LogP contribution in [-0.2, 0) is 6.54 Å². The number of hydrogen-bond donors (Lipinski definition) is 0. The first kappa shape index (κ1) is 13.2. The molecule has 0 aliphatic carbocycles. The van der Waals surface area contributed by atoms with Gasteiger partial charge < -0.3 is 4.42 Å². The van der Waals surface area contributed by atoms with Crippen LogP contribution in [0.25, 0.3) is 44.1 Å². The highest BCUT2D eigenvalue weighted by Gasteiger charge is 2.30. The molecule has 0 amide bonds. The number of aromatic nitrogens is 1. The second-order valence-electron chi connectivity index (χ2n) is 6.92. The Morgan fingerprint density at radius 1 is 0.800 bits per heavy atom. The number of rotatable bonds is 0. The molecular weight excluding hydrogens is 306 g/mol. The molecule has 0 bridgehead atoms. The summed E-state index contributed by atoms with van der Waals surface area (Å²) < 4.78 is 8.53. The average Bonchev–Trinajstić information content (AvgIpc) is 3.18. The number of benzene rings is 3. The fraction of sp³-hybridized carbons (Fsp3) is 0.0870. The topological polar surface area (TPSA) is 17.0 Å². The van der Waals surface area contributed by atoms with Gasteiger partial charge in [-0.3, -0.25) is 0 Å². The summed E-state index contributed by atoms with van der Waals surface area (Å²) in [6.45, 7) is 3.11. The van der Waals surface area contributed by atoms with E-state index in [0.29, 0.717) is 0 Å². The standard InChI is InChI=1S/C23H16NO/c1-14-10-21-18-12-23-19(17-7-3-5-9-22(17)25-23)11-15(18)13-24(21)20-8-4-2-6-16(14)20/h2-12H,13H2,1H3/q+1. The summed E-state index contributed by atoms with van der Waals surface area (Å²) in [6.07, 6.45) is 0. The van der Waals surface area contributed by atoms with E-state index in [4.69, 9.17) is 4.42 Å². The third-order valence-electron chi connectivity index (χ3n) is 5.47. The van der Waals surface area contributed by atoms with E-state index >= 15 is 0 Å². The lowest BCUT2D eigenvalue weighted by atomic mass is 10.0. The van der Waals surface area contributed by atoms with Crippen molar-refractivity contribution in [1.82, 2.24) is 0 Å². The van der Waals surface area contributed by atoms with Crippen LogP contribution in [0.1, 0.15) is 11.1 Å². The quantitative estimate of drug-likeness (QED) is 0.344. The van der Waals surface area contributed by atoms with Crippen molar-refractivity contribution in [2.75, 3.05) is 0 Å². The second kappa shape index (κ2) is 4.48. The van der Waals surface area contributed by atoms with Gasteiger partial charge in [-0.25, -0.2) is 0 Å². The molecule has 2 aromatic heterocycles. The number of aryl methyl sites for hydroxylation is 1. The summed E-state index contributed by atoms with van der Waals surface area (Å²) in [7, 11) is 0. The van der Waals surface area contributed by atoms with Crippen LogP contribution in [0.3, 0.4) is 0 Å². The van der Waals surface area contributed by atoms with Crippen LogP contribution < -0.4 is 4.57 Å². The molecule has 1 aliphatic rings. The first-order chi connectivity index (χ1) is 12.3. The molecule has 0 N–H and O–H groups in total. The molecule has 5 aromatic rings. The highest BCUT2D eigenvalue weighted by molar-refractivity contribution is 6.06. The number of nitrogens with zero attached hydrogens (tertiary/aromatic N) is 1. The normalized spacial score (nSPS) is 12.8. The van der Waals surface area contributed by atoms with Gasteiger partial charge in [-0.2, -0.15) is 4.57 Å². The zero-order chi connectivity index (χ0) is 16.5. The van der Waals surface area contributed by atoms with E-state index in [0.717, 1.165) is 17.7 Å². The number of para-hydroxylation sites is 2. The largest absolute Gasteiger partial charge is 0.456 e. The zero-order valence-electron chi connectivity index (χ0n) is 13.9. The van der Waals surface area contributed by atoms with Crippen molar-refractivity contribution in [2.24, 2.45) is 0 Å². The summed E-state index contributed by atoms with van der Waals surface area (Å²) in [5, 5.41) is 3.74. The Hall–Kier alpha value is -3.13. The first-order valence-corrected chi connectivity index (χ1v) is 8.66. The van der Waals surface area contributed by atoms with Crippen molar-refractivity contribution in [3.63, 3.8) is 0 Å². The lowest BCUT2D eigenvalue weighted by molar-refractivity contribution is -0.645. The highest BCUT2D eigenvalue weighted by atomic mass is 16.3. The van der Waals surface area contributed by atoms with Crippen LogP contribution in [0.4, 0.5) is 0 Å². The van der Waals surface area contributed by atoms with E-state index in [1.807, 2.05) is 12.1 Å². The van der Waals surface area contributed by atoms with Gasteiger partial charge in [-0.1, -0.05) is 30.3 Å². The molecule has 0 spiro atoms. The van der Waals surface area contributed by atoms with Crippen LogP contribution in [0.5, 0.6) is 0 Å². The molecule has 25 heavy (non-hydrogen) atoms. The molecule has 0 radical (unpaired) electrons. The maximum Gasteiger partial charge on any atom is 0.214 e. The second-order valence-corrected chi connectivity index (χ2v) is 6.92. The maximum atomic E-state index is 6.10. The monoisotopic (exact) mass is 322 g/mol. The predicted octanol–water partition coefficient (Wildman–Crippen LogP) is 5.36. The lowest BCUT2D eigenvalue weighted by Gasteiger charge is -2.02. The minimum absolute atomic E-state index is 0.918. The fourth-order valence-corrected chi connectivity index (χ4v) is 4.28. The van der Waals surface area contributed by atoms with Crippen LogP contribution in [0, 0.1) is 6.92 Å². The van der Waals surface area contributed by atoms with Gasteiger partial charge in [0.25, 0.3) is 0 Å². The molecule has 0 saturated heterocycles. The maximum absolute atomic E-state index is 6.10. The van der Waals surface area contributed by atoms with Gasteiger partial charge in [0.1, 0.15) is 11.2 Å². The smallest absolute Gasteiger partial charge is 0.214 e. The van der Waals surface area contributed by atoms with Crippen molar-refractivity contribution < 1.29 is 8.98 Å². The molecule has 1 aliphatic heterocycles. The molecule has 0 unspecified atom stereocenters. The van der Waals surface area contributed by atoms with E-state index in [1.54, 1.807) is 0 Å². The van der Waals surface area contributed by atoms with Crippen LogP contribution in [-0.4, -0.2) is 0 Å². The van der Waals surface area contributed by atoms with Gasteiger partial charge in [-0.15, -0.1) is 0 Å². The van der Waals surface area contributed by atoms with Crippen molar-refractivity contribution >= 4 is 32.8 Å². The van der Waals surface area contributed by atoms with E-state index in [2.05, 4.69) is 66.1 Å². The Kier molecular flexibility index (Phi) is 2.37. The third kappa shape index (κ3) is 1.66. The van der Waals surface area contributed by atoms with E-state index in [-0.39, 0.29) is 0 Å². The van der Waals surface area contributed by atoms with Gasteiger partial charge >= 0.3 is 0 Å². The van der Waals surface area contributed by atoms with Gasteiger partial charge in [0, 0.05) is 33.9 Å². The summed E-state index contributed by atoms with van der Waals surface area (Å²) in [4.78, 5) is 0. The van der Waals surface area contributed by atoms with Crippen LogP contribution >= 0.6 is 0 Å². The third-order valence-corrected chi connectivity index (χ3v) is 5.47. The summed E-state index contributed by atoms with van der Waals surface area (Å²) in [5.74, 6) is 0. The average molecular weight is 322 g/mol. The summed E-state index contributed by atoms with van der Waals surface area (Å²) in [5.41, 5.74) is 8.50. The molecule has 0 atom stereocenters. The van der Waals surface area contributed by atoms with Crippen molar-refractivity contribution in [3.05, 3.63) is 77.9 Å². The molecule has 0 fully saturated rings. The molecule has 6 rings (SSSR count). The Morgan fingerprint density at radius 2 is 1.60 bits per heavy atom. The van der Waals surface area contributed by atoms with Gasteiger partial charge in [0.2, 0.25) is 11.2 Å². The Balaban J connectivity index is 1.71. The molecule has 2 nitrogen and oxygen atoms in total. The summed E-state index contributed by atoms with van der Waals surface area (Å²) in [6, 6.07) is 23.8. The van der Waals surface area contributed by atoms with E-state index in [1.165, 1.54) is 44.1 Å². The number of furan rings is 1. The fourth-order valence-electron chi connectivity index (χ4n) is 4.28. The molecule has 3 aromatic carbocycles. The van der Waals surface area contributed by atoms with Gasteiger partial charge in [0.05, 0.1) is 5.56 Å². The van der Waals surface area contributed by atoms with Gasteiger partial charge in [0.15, 0.2) is 6.54 Å². The molecule has 3 heterocycles. The van der Waals surface area contributed by atoms with Gasteiger partial charge in [-0.05, 0) is 36.8 Å². The highest BCUT2D eigenvalue weighted by Crippen LogP contribution is 2.37. The zero-order valence-corrected chi connectivity index (χ0v) is 13.9.